The molecule has 0 aliphatic carbocycles. The van der Waals surface area contributed by atoms with E-state index in [-0.39, 0.29) is 48.3 Å². The fraction of sp³-hybridized carbons (Fsp3) is 0.553. The Kier molecular flexibility index (Phi) is 15.1. The zero-order chi connectivity index (χ0) is 43.1. The topological polar surface area (TPSA) is 127 Å². The molecule has 0 spiro atoms. The summed E-state index contributed by atoms with van der Waals surface area (Å²) >= 11 is 1.58. The molecule has 6 rings (SSSR count). The maximum absolute atomic E-state index is 14.6. The molecule has 0 radical (unpaired) electrons. The number of hydrogen-bond acceptors (Lipinski definition) is 11. The molecule has 2 aliphatic heterocycles. The summed E-state index contributed by atoms with van der Waals surface area (Å²) in [6.45, 7) is 28.5. The summed E-state index contributed by atoms with van der Waals surface area (Å²) in [5.74, 6) is 0.854. The molecular formula is C47H68N8O4S. The summed E-state index contributed by atoms with van der Waals surface area (Å²) in [6, 6.07) is 10.3. The lowest BCUT2D eigenvalue weighted by Gasteiger charge is -2.37. The fourth-order valence-corrected chi connectivity index (χ4v) is 9.24. The van der Waals surface area contributed by atoms with Gasteiger partial charge in [0.2, 0.25) is 0 Å². The number of carbonyl (C=O) groups excluding carboxylic acids is 1. The van der Waals surface area contributed by atoms with Crippen LogP contribution >= 0.6 is 11.3 Å². The van der Waals surface area contributed by atoms with Crippen LogP contribution in [0.4, 0.5) is 0 Å². The van der Waals surface area contributed by atoms with Crippen LogP contribution in [-0.4, -0.2) is 83.3 Å². The number of benzene rings is 1. The Bertz CT molecular complexity index is 2110. The van der Waals surface area contributed by atoms with Gasteiger partial charge in [0.05, 0.1) is 53.3 Å². The third-order valence-corrected chi connectivity index (χ3v) is 12.6. The van der Waals surface area contributed by atoms with Crippen LogP contribution in [-0.2, 0) is 38.4 Å². The minimum absolute atomic E-state index is 0.0295. The number of aryl methyl sites for hydroxylation is 1. The summed E-state index contributed by atoms with van der Waals surface area (Å²) in [7, 11) is 1.73. The van der Waals surface area contributed by atoms with Crippen molar-refractivity contribution >= 4 is 28.1 Å². The zero-order valence-electron chi connectivity index (χ0n) is 37.3. The fourth-order valence-electron chi connectivity index (χ4n) is 8.39. The summed E-state index contributed by atoms with van der Waals surface area (Å²) in [6.07, 6.45) is 5.54. The van der Waals surface area contributed by atoms with Crippen molar-refractivity contribution in [2.75, 3.05) is 33.7 Å². The van der Waals surface area contributed by atoms with E-state index >= 15 is 0 Å². The van der Waals surface area contributed by atoms with Crippen LogP contribution < -0.4 is 21.4 Å². The van der Waals surface area contributed by atoms with Crippen molar-refractivity contribution in [1.82, 2.24) is 40.9 Å². The molecule has 1 fully saturated rings. The van der Waals surface area contributed by atoms with Gasteiger partial charge in [0, 0.05) is 78.0 Å². The van der Waals surface area contributed by atoms with Gasteiger partial charge in [0.1, 0.15) is 12.8 Å². The normalized spacial score (nSPS) is 20.4. The van der Waals surface area contributed by atoms with Crippen LogP contribution in [0.3, 0.4) is 0 Å². The number of amides is 1. The lowest BCUT2D eigenvalue weighted by atomic mass is 9.84. The number of hydrogen-bond donors (Lipinski definition) is 4. The standard InChI is InChI=1S/C47H68N8O4S/c1-12-30(5)49-33(8)51-43(29(3)4)31(6)50-39-23-42-52-40(26-60-42)34-18-19-41-37(22-34)38(45(54(41)13-2)36-17-14-20-48-44(36)32(7)57-11)24-47(9,10)27-59-28-58-25-35-16-15-21-55(53-35)46(39)56/h14,17-20,22,26,29-30,32,35,39,43,49-51,53H,6,8,12-13,15-16,21,23-25,27-28H2,1-5,7,9-11H3/t30-,32+,35+,39+,43+/m1/s1. The summed E-state index contributed by atoms with van der Waals surface area (Å²) in [5, 5.41) is 16.5. The molecule has 13 heteroatoms. The second kappa shape index (κ2) is 20.1. The third kappa shape index (κ3) is 10.6. The number of rotatable bonds is 13. The van der Waals surface area contributed by atoms with E-state index in [1.165, 1.54) is 10.9 Å². The Labute approximate surface area is 361 Å². The van der Waals surface area contributed by atoms with Gasteiger partial charge >= 0.3 is 0 Å². The zero-order valence-corrected chi connectivity index (χ0v) is 38.1. The first-order chi connectivity index (χ1) is 28.7. The number of nitrogens with one attached hydrogen (secondary N) is 4. The minimum atomic E-state index is -0.614. The highest BCUT2D eigenvalue weighted by Crippen LogP contribution is 2.42. The van der Waals surface area contributed by atoms with Crippen molar-refractivity contribution in [3.05, 3.63) is 82.8 Å². The molecule has 2 aliphatic rings. The highest BCUT2D eigenvalue weighted by atomic mass is 32.1. The third-order valence-electron chi connectivity index (χ3n) is 11.8. The van der Waals surface area contributed by atoms with Crippen LogP contribution in [0.25, 0.3) is 33.4 Å². The summed E-state index contributed by atoms with van der Waals surface area (Å²) < 4.78 is 20.6. The monoisotopic (exact) mass is 841 g/mol. The minimum Gasteiger partial charge on any atom is -0.375 e. The highest BCUT2D eigenvalue weighted by molar-refractivity contribution is 7.10. The van der Waals surface area contributed by atoms with Crippen molar-refractivity contribution in [2.24, 2.45) is 11.3 Å². The number of nitrogens with zero attached hydrogens (tertiary/aromatic N) is 4. The van der Waals surface area contributed by atoms with Crippen molar-refractivity contribution in [3.63, 3.8) is 0 Å². The van der Waals surface area contributed by atoms with Gasteiger partial charge < -0.3 is 34.7 Å². The van der Waals surface area contributed by atoms with E-state index in [0.717, 1.165) is 82.5 Å². The molecule has 3 aromatic heterocycles. The number of fused-ring (bicyclic) bond motifs is 6. The largest absolute Gasteiger partial charge is 0.375 e. The molecule has 12 nitrogen and oxygen atoms in total. The first-order valence-electron chi connectivity index (χ1n) is 21.7. The van der Waals surface area contributed by atoms with E-state index < -0.39 is 6.04 Å². The Morgan fingerprint density at radius 1 is 1.13 bits per heavy atom. The molecular weight excluding hydrogens is 773 g/mol. The number of hydrazine groups is 1. The van der Waals surface area contributed by atoms with Gasteiger partial charge in [-0.25, -0.2) is 10.4 Å². The molecule has 6 bridgehead atoms. The van der Waals surface area contributed by atoms with E-state index in [1.54, 1.807) is 23.5 Å². The van der Waals surface area contributed by atoms with Crippen LogP contribution in [0.1, 0.15) is 97.0 Å². The van der Waals surface area contributed by atoms with Crippen LogP contribution in [0.2, 0.25) is 0 Å². The second-order valence-corrected chi connectivity index (χ2v) is 18.5. The molecule has 5 atom stereocenters. The molecule has 4 N–H and O–H groups in total. The first-order valence-corrected chi connectivity index (χ1v) is 22.6. The molecule has 60 heavy (non-hydrogen) atoms. The molecule has 0 saturated carbocycles. The predicted molar refractivity (Wildman–Crippen MR) is 243 cm³/mol. The SMILES string of the molecule is C=C(N[C@H](C)CC)N[C@H](C(=C)N[C@H]1Cc2nc(cs2)-c2ccc3c(c2)c(c(-c2cccnc2[C@H](C)OC)n3CC)CC(C)(C)COCOC[C@@H]2CCCN(N2)C1=O)C(C)C. The van der Waals surface area contributed by atoms with Crippen molar-refractivity contribution < 1.29 is 19.0 Å². The number of aromatic nitrogens is 3. The Hall–Kier alpha value is -4.27. The van der Waals surface area contributed by atoms with Gasteiger partial charge in [0.15, 0.2) is 0 Å². The van der Waals surface area contributed by atoms with Crippen molar-refractivity contribution in [2.45, 2.75) is 124 Å². The lowest BCUT2D eigenvalue weighted by molar-refractivity contribution is -0.140. The Balaban J connectivity index is 1.41. The highest BCUT2D eigenvalue weighted by Gasteiger charge is 2.33. The van der Waals surface area contributed by atoms with E-state index in [4.69, 9.17) is 24.2 Å². The summed E-state index contributed by atoms with van der Waals surface area (Å²) in [4.78, 5) is 24.6. The first kappa shape index (κ1) is 45.3. The summed E-state index contributed by atoms with van der Waals surface area (Å²) in [5.41, 5.74) is 11.4. The smallest absolute Gasteiger partial charge is 0.259 e. The van der Waals surface area contributed by atoms with Crippen molar-refractivity contribution in [1.29, 1.82) is 0 Å². The van der Waals surface area contributed by atoms with E-state index in [2.05, 4.69) is 117 Å². The average Bonchev–Trinajstić information content (AvgIpc) is 3.82. The van der Waals surface area contributed by atoms with Gasteiger partial charge in [-0.1, -0.05) is 53.8 Å². The molecule has 4 aromatic rings. The number of thiazole rings is 1. The lowest BCUT2D eigenvalue weighted by Crippen LogP contribution is -2.59. The van der Waals surface area contributed by atoms with E-state index in [9.17, 15) is 4.79 Å². The van der Waals surface area contributed by atoms with Crippen LogP contribution in [0, 0.1) is 11.3 Å². The quantitative estimate of drug-likeness (QED) is 0.105. The Morgan fingerprint density at radius 2 is 1.93 bits per heavy atom. The predicted octanol–water partition coefficient (Wildman–Crippen LogP) is 8.11. The molecule has 1 saturated heterocycles. The maximum Gasteiger partial charge on any atom is 0.259 e. The molecule has 5 heterocycles. The second-order valence-electron chi connectivity index (χ2n) is 17.6. The van der Waals surface area contributed by atoms with Crippen LogP contribution in [0.15, 0.2) is 66.6 Å². The van der Waals surface area contributed by atoms with E-state index in [0.29, 0.717) is 26.2 Å². The van der Waals surface area contributed by atoms with Crippen molar-refractivity contribution in [3.8, 4) is 22.5 Å². The maximum atomic E-state index is 14.6. The molecule has 1 amide bonds. The number of methoxy groups -OCH3 is 1. The molecule has 1 aromatic carbocycles. The molecule has 0 unspecified atom stereocenters. The van der Waals surface area contributed by atoms with Crippen LogP contribution in [0.5, 0.6) is 0 Å². The number of pyridine rings is 1. The van der Waals surface area contributed by atoms with Gasteiger partial charge in [-0.05, 0) is 87.6 Å². The average molecular weight is 841 g/mol. The molecule has 326 valence electrons. The number of carbonyl (C=O) groups is 1. The van der Waals surface area contributed by atoms with Gasteiger partial charge in [-0.2, -0.15) is 0 Å². The van der Waals surface area contributed by atoms with Gasteiger partial charge in [-0.3, -0.25) is 14.8 Å². The number of ether oxygens (including phenoxy) is 3. The Morgan fingerprint density at radius 3 is 2.67 bits per heavy atom. The van der Waals surface area contributed by atoms with Gasteiger partial charge in [-0.15, -0.1) is 11.3 Å². The van der Waals surface area contributed by atoms with E-state index in [1.807, 2.05) is 19.2 Å². The van der Waals surface area contributed by atoms with Gasteiger partial charge in [0.25, 0.3) is 5.91 Å².